The normalized spacial score (nSPS) is 10.1. The van der Waals surface area contributed by atoms with Gasteiger partial charge in [-0.2, -0.15) is 0 Å². The average Bonchev–Trinajstić information content (AvgIpc) is 2.16. The first kappa shape index (κ1) is 12.5. The molecule has 0 saturated heterocycles. The van der Waals surface area contributed by atoms with E-state index in [1.165, 1.54) is 6.07 Å². The third-order valence-electron chi connectivity index (χ3n) is 1.76. The van der Waals surface area contributed by atoms with E-state index < -0.39 is 11.8 Å². The summed E-state index contributed by atoms with van der Waals surface area (Å²) in [4.78, 5) is 11.4. The minimum atomic E-state index is -0.666. The highest BCUT2D eigenvalue weighted by Crippen LogP contribution is 2.22. The van der Waals surface area contributed by atoms with Crippen LogP contribution in [-0.2, 0) is 10.1 Å². The Labute approximate surface area is 101 Å². The summed E-state index contributed by atoms with van der Waals surface area (Å²) < 4.78 is 18.2. The monoisotopic (exact) mass is 294 g/mol. The summed E-state index contributed by atoms with van der Waals surface area (Å²) in [6.45, 7) is 1.88. The van der Waals surface area contributed by atoms with Crippen LogP contribution in [0.4, 0.5) is 4.39 Å². The first-order valence-corrected chi connectivity index (χ1v) is 5.81. The Morgan fingerprint density at radius 1 is 1.60 bits per heavy atom. The number of hydrogen-bond donors (Lipinski definition) is 0. The standard InChI is InChI=1S/C10H9BrClFO2/c1-2-15-10(14)9-6(5-11)3-7(12)4-8(9)13/h3-4H,2,5H2,1H3. The van der Waals surface area contributed by atoms with Crippen LogP contribution in [0.1, 0.15) is 22.8 Å². The predicted molar refractivity (Wildman–Crippen MR) is 60.0 cm³/mol. The summed E-state index contributed by atoms with van der Waals surface area (Å²) in [5.41, 5.74) is 0.427. The second-order valence-electron chi connectivity index (χ2n) is 2.78. The molecule has 0 bridgehead atoms. The maximum absolute atomic E-state index is 13.5. The molecule has 0 fully saturated rings. The van der Waals surface area contributed by atoms with Gasteiger partial charge in [0.2, 0.25) is 0 Å². The molecule has 82 valence electrons. The Morgan fingerprint density at radius 3 is 2.80 bits per heavy atom. The zero-order chi connectivity index (χ0) is 11.4. The molecule has 0 atom stereocenters. The molecule has 2 nitrogen and oxygen atoms in total. The van der Waals surface area contributed by atoms with Gasteiger partial charge >= 0.3 is 5.97 Å². The molecule has 0 aliphatic carbocycles. The third kappa shape index (κ3) is 2.92. The number of carbonyl (C=O) groups is 1. The fourth-order valence-corrected chi connectivity index (χ4v) is 1.83. The Bertz CT molecular complexity index is 382. The van der Waals surface area contributed by atoms with Gasteiger partial charge in [0, 0.05) is 10.4 Å². The summed E-state index contributed by atoms with van der Waals surface area (Å²) in [7, 11) is 0. The third-order valence-corrected chi connectivity index (χ3v) is 2.58. The number of alkyl halides is 1. The van der Waals surface area contributed by atoms with Crippen molar-refractivity contribution in [3.8, 4) is 0 Å². The van der Waals surface area contributed by atoms with Crippen LogP contribution in [0.15, 0.2) is 12.1 Å². The van der Waals surface area contributed by atoms with E-state index in [9.17, 15) is 9.18 Å². The molecule has 0 radical (unpaired) electrons. The molecule has 0 aliphatic heterocycles. The van der Waals surface area contributed by atoms with Crippen molar-refractivity contribution in [1.82, 2.24) is 0 Å². The number of benzene rings is 1. The van der Waals surface area contributed by atoms with Crippen LogP contribution in [0.3, 0.4) is 0 Å². The lowest BCUT2D eigenvalue weighted by atomic mass is 10.1. The van der Waals surface area contributed by atoms with Gasteiger partial charge in [0.15, 0.2) is 0 Å². The highest BCUT2D eigenvalue weighted by molar-refractivity contribution is 9.08. The maximum Gasteiger partial charge on any atom is 0.341 e. The Kier molecular flexibility index (Phi) is 4.54. The molecule has 5 heteroatoms. The van der Waals surface area contributed by atoms with Crippen LogP contribution in [-0.4, -0.2) is 12.6 Å². The van der Waals surface area contributed by atoms with E-state index in [0.717, 1.165) is 6.07 Å². The lowest BCUT2D eigenvalue weighted by Gasteiger charge is -2.08. The van der Waals surface area contributed by atoms with E-state index in [2.05, 4.69) is 15.9 Å². The first-order valence-electron chi connectivity index (χ1n) is 4.31. The molecule has 0 amide bonds. The van der Waals surface area contributed by atoms with Crippen molar-refractivity contribution in [1.29, 1.82) is 0 Å². The molecule has 0 N–H and O–H groups in total. The smallest absolute Gasteiger partial charge is 0.341 e. The summed E-state index contributed by atoms with van der Waals surface area (Å²) in [5, 5.41) is 0.605. The minimum absolute atomic E-state index is 0.0573. The molecule has 1 rings (SSSR count). The summed E-state index contributed by atoms with van der Waals surface area (Å²) in [6.07, 6.45) is 0. The lowest BCUT2D eigenvalue weighted by molar-refractivity contribution is 0.0520. The highest BCUT2D eigenvalue weighted by Gasteiger charge is 2.18. The van der Waals surface area contributed by atoms with Gasteiger partial charge in [-0.1, -0.05) is 27.5 Å². The maximum atomic E-state index is 13.5. The number of rotatable bonds is 3. The Morgan fingerprint density at radius 2 is 2.27 bits per heavy atom. The van der Waals surface area contributed by atoms with Gasteiger partial charge in [0.1, 0.15) is 5.82 Å². The van der Waals surface area contributed by atoms with Gasteiger partial charge in [0.05, 0.1) is 12.2 Å². The number of hydrogen-bond acceptors (Lipinski definition) is 2. The second-order valence-corrected chi connectivity index (χ2v) is 3.77. The number of halogens is 3. The molecule has 0 unspecified atom stereocenters. The highest BCUT2D eigenvalue weighted by atomic mass is 79.9. The fourth-order valence-electron chi connectivity index (χ4n) is 1.16. The average molecular weight is 296 g/mol. The zero-order valence-electron chi connectivity index (χ0n) is 8.02. The SMILES string of the molecule is CCOC(=O)c1c(F)cc(Cl)cc1CBr. The van der Waals surface area contributed by atoms with Gasteiger partial charge in [-0.25, -0.2) is 9.18 Å². The van der Waals surface area contributed by atoms with Gasteiger partial charge in [-0.3, -0.25) is 0 Å². The van der Waals surface area contributed by atoms with Crippen LogP contribution in [0.5, 0.6) is 0 Å². The second kappa shape index (κ2) is 5.47. The van der Waals surface area contributed by atoms with Gasteiger partial charge in [0.25, 0.3) is 0 Å². The topological polar surface area (TPSA) is 26.3 Å². The minimum Gasteiger partial charge on any atom is -0.462 e. The molecule has 0 aromatic heterocycles. The van der Waals surface area contributed by atoms with Crippen molar-refractivity contribution in [2.45, 2.75) is 12.3 Å². The van der Waals surface area contributed by atoms with Gasteiger partial charge in [-0.15, -0.1) is 0 Å². The molecule has 1 aromatic rings. The Hall–Kier alpha value is -0.610. The summed E-state index contributed by atoms with van der Waals surface area (Å²) in [5.74, 6) is -1.32. The van der Waals surface area contributed by atoms with Crippen LogP contribution < -0.4 is 0 Å². The molecule has 15 heavy (non-hydrogen) atoms. The molecular formula is C10H9BrClFO2. The molecule has 0 spiro atoms. The van der Waals surface area contributed by atoms with Gasteiger partial charge in [-0.05, 0) is 24.6 Å². The van der Waals surface area contributed by atoms with Crippen LogP contribution in [0.25, 0.3) is 0 Å². The number of carbonyl (C=O) groups excluding carboxylic acids is 1. The van der Waals surface area contributed by atoms with Crippen molar-refractivity contribution in [3.63, 3.8) is 0 Å². The van der Waals surface area contributed by atoms with Crippen LogP contribution in [0, 0.1) is 5.82 Å². The van der Waals surface area contributed by atoms with Crippen molar-refractivity contribution in [3.05, 3.63) is 34.1 Å². The van der Waals surface area contributed by atoms with E-state index in [1.54, 1.807) is 6.92 Å². The van der Waals surface area contributed by atoms with Crippen LogP contribution in [0.2, 0.25) is 5.02 Å². The molecule has 0 aliphatic rings. The molecular weight excluding hydrogens is 286 g/mol. The van der Waals surface area contributed by atoms with E-state index in [1.807, 2.05) is 0 Å². The van der Waals surface area contributed by atoms with Gasteiger partial charge < -0.3 is 4.74 Å². The Balaban J connectivity index is 3.20. The molecule has 0 saturated carbocycles. The predicted octanol–water partition coefficient (Wildman–Crippen LogP) is 3.55. The number of ether oxygens (including phenoxy) is 1. The van der Waals surface area contributed by atoms with Crippen molar-refractivity contribution in [2.24, 2.45) is 0 Å². The van der Waals surface area contributed by atoms with E-state index in [0.29, 0.717) is 10.9 Å². The first-order chi connectivity index (χ1) is 7.10. The van der Waals surface area contributed by atoms with E-state index >= 15 is 0 Å². The largest absolute Gasteiger partial charge is 0.462 e. The van der Waals surface area contributed by atoms with Crippen molar-refractivity contribution in [2.75, 3.05) is 6.61 Å². The quantitative estimate of drug-likeness (QED) is 0.629. The summed E-state index contributed by atoms with van der Waals surface area (Å²) >= 11 is 8.83. The van der Waals surface area contributed by atoms with E-state index in [-0.39, 0.29) is 17.2 Å². The lowest BCUT2D eigenvalue weighted by Crippen LogP contribution is -2.10. The molecule has 0 heterocycles. The zero-order valence-corrected chi connectivity index (χ0v) is 10.4. The van der Waals surface area contributed by atoms with E-state index in [4.69, 9.17) is 16.3 Å². The van der Waals surface area contributed by atoms with Crippen molar-refractivity contribution >= 4 is 33.5 Å². The van der Waals surface area contributed by atoms with Crippen molar-refractivity contribution < 1.29 is 13.9 Å². The van der Waals surface area contributed by atoms with Crippen LogP contribution >= 0.6 is 27.5 Å². The fraction of sp³-hybridized carbons (Fsp3) is 0.300. The number of esters is 1. The molecule has 1 aromatic carbocycles. The summed E-state index contributed by atoms with van der Waals surface area (Å²) in [6, 6.07) is 2.63.